The second-order valence-electron chi connectivity index (χ2n) is 16.6. The normalized spacial score (nSPS) is 25.8. The fourth-order valence-electron chi connectivity index (χ4n) is 8.60. The summed E-state index contributed by atoms with van der Waals surface area (Å²) in [6.07, 6.45) is -5.04. The number of nitrogens with zero attached hydrogens (tertiary/aromatic N) is 8. The molecule has 0 aliphatic carbocycles. The van der Waals surface area contributed by atoms with Gasteiger partial charge in [0.25, 0.3) is 11.1 Å². The largest absolute Gasteiger partial charge is 0.697 e. The van der Waals surface area contributed by atoms with Gasteiger partial charge in [0.15, 0.2) is 50.8 Å². The van der Waals surface area contributed by atoms with Crippen molar-refractivity contribution in [1.82, 2.24) is 53.7 Å². The van der Waals surface area contributed by atoms with Crippen LogP contribution in [-0.2, 0) is 53.0 Å². The summed E-state index contributed by atoms with van der Waals surface area (Å²) in [7, 11) is -4.62. The van der Waals surface area contributed by atoms with Crippen LogP contribution in [0, 0.1) is 0 Å². The molecule has 10 rings (SSSR count). The number of H-pyrrole nitrogens is 1. The number of nitrogen functional groups attached to an aromatic ring is 1. The van der Waals surface area contributed by atoms with Gasteiger partial charge >= 0.3 is 16.9 Å². The molecule has 4 saturated heterocycles. The molecule has 0 spiro atoms. The number of hydrogen-bond donors (Lipinski definition) is 7. The molecule has 4 aliphatic rings. The lowest BCUT2D eigenvalue weighted by Crippen LogP contribution is -2.38. The summed E-state index contributed by atoms with van der Waals surface area (Å²) in [5.74, 6) is -0.555. The summed E-state index contributed by atoms with van der Waals surface area (Å²) in [4.78, 5) is 84.0. The Hall–Kier alpha value is -4.84. The van der Waals surface area contributed by atoms with Gasteiger partial charge < -0.3 is 59.7 Å². The van der Waals surface area contributed by atoms with Crippen molar-refractivity contribution in [2.75, 3.05) is 51.0 Å². The van der Waals surface area contributed by atoms with Crippen molar-refractivity contribution in [2.24, 2.45) is 0 Å². The number of imidazole rings is 3. The van der Waals surface area contributed by atoms with Crippen LogP contribution in [0.5, 0.6) is 0 Å². The topological polar surface area (TPSA) is 347 Å². The first-order valence-corrected chi connectivity index (χ1v) is 26.3. The summed E-state index contributed by atoms with van der Waals surface area (Å²) < 4.78 is 56.0. The molecule has 9 heterocycles. The van der Waals surface area contributed by atoms with Crippen LogP contribution in [0.2, 0.25) is 0 Å². The SMILES string of the molecule is Nc1nc2c(nc(Br)n2[C@@H]2OC3CO[P+](=O)O[C@H]3C2O)c(=O)n1CCCC(=O)NCCCOCCCNC(=O)CSc1nc2c(=O)n3cc(-c4ccccc4)[nH]c3nc2n1[C@@H]1OC2COP(O)O[C@H]2C1O. The van der Waals surface area contributed by atoms with Crippen molar-refractivity contribution in [3.63, 3.8) is 0 Å². The molecular weight excluding hydrogens is 1060 g/mol. The Balaban J connectivity index is 0.660. The first kappa shape index (κ1) is 49.7. The van der Waals surface area contributed by atoms with E-state index in [1.807, 2.05) is 30.3 Å². The van der Waals surface area contributed by atoms with Gasteiger partial charge in [0.2, 0.25) is 23.5 Å². The summed E-state index contributed by atoms with van der Waals surface area (Å²) in [5, 5.41) is 28.1. The molecule has 27 nitrogen and oxygen atoms in total. The van der Waals surface area contributed by atoms with Crippen LogP contribution in [0.1, 0.15) is 38.1 Å². The molecule has 378 valence electrons. The van der Waals surface area contributed by atoms with E-state index in [1.165, 1.54) is 18.1 Å². The molecule has 10 atom stereocenters. The molecule has 4 fully saturated rings. The van der Waals surface area contributed by atoms with E-state index in [9.17, 15) is 38.8 Å². The molecule has 0 saturated carbocycles. The molecule has 0 bridgehead atoms. The highest BCUT2D eigenvalue weighted by molar-refractivity contribution is 9.10. The summed E-state index contributed by atoms with van der Waals surface area (Å²) >= 11 is 4.34. The minimum Gasteiger partial charge on any atom is -0.386 e. The van der Waals surface area contributed by atoms with Crippen molar-refractivity contribution in [2.45, 2.75) is 86.5 Å². The lowest BCUT2D eigenvalue weighted by atomic mass is 10.1. The lowest BCUT2D eigenvalue weighted by Gasteiger charge is -2.27. The van der Waals surface area contributed by atoms with Crippen molar-refractivity contribution < 1.29 is 61.6 Å². The average Bonchev–Trinajstić information content (AvgIpc) is 4.17. The number of carbonyl (C=O) groups is 2. The molecule has 1 aromatic carbocycles. The standard InChI is InChI=1S/C40H45BrN12O15P2S/c41-37-46-25-31(52(37)35-27(56)29-21(65-35)16-63-69(60)67-29)48-38(42)50(33(25)58)12-4-9-23(54)43-10-5-13-62-14-6-11-44-24(55)18-71-40-47-26-32(53(40)36-28(57)30-22(66-36)17-64-70(61)68-30)49-39-45-20(15-51(39)34(26)59)19-7-2-1-3-8-19/h1-3,7-8,15,21-22,27-30,35-36,56-57,61H,4-6,9-14,16-18H2,(H4-,42,43,44,45,48,49,54,55,58,59)/p+1/t21?,22?,27?,28?,29-,30-,35-,36-,70?/m1/s1. The molecule has 8 N–H and O–H groups in total. The van der Waals surface area contributed by atoms with E-state index < -0.39 is 77.1 Å². The van der Waals surface area contributed by atoms with Gasteiger partial charge in [-0.1, -0.05) is 42.1 Å². The summed E-state index contributed by atoms with van der Waals surface area (Å²) in [5.41, 5.74) is 6.76. The zero-order valence-corrected chi connectivity index (χ0v) is 41.3. The minimum absolute atomic E-state index is 0.00824. The predicted octanol–water partition coefficient (Wildman–Crippen LogP) is 1.12. The number of rotatable bonds is 18. The van der Waals surface area contributed by atoms with Gasteiger partial charge in [-0.2, -0.15) is 9.97 Å². The second kappa shape index (κ2) is 21.3. The summed E-state index contributed by atoms with van der Waals surface area (Å²) in [6, 6.07) is 9.40. The number of aliphatic hydroxyl groups is 2. The Labute approximate surface area is 414 Å². The van der Waals surface area contributed by atoms with Crippen molar-refractivity contribution >= 4 is 90.4 Å². The number of hydrogen-bond acceptors (Lipinski definition) is 21. The minimum atomic E-state index is -2.41. The third kappa shape index (κ3) is 10.1. The number of aromatic nitrogens is 9. The predicted molar refractivity (Wildman–Crippen MR) is 253 cm³/mol. The fourth-order valence-corrected chi connectivity index (χ4v) is 11.6. The van der Waals surface area contributed by atoms with Crippen LogP contribution in [0.3, 0.4) is 0 Å². The Morgan fingerprint density at radius 1 is 0.915 bits per heavy atom. The van der Waals surface area contributed by atoms with E-state index in [4.69, 9.17) is 43.0 Å². The number of nitrogens with two attached hydrogens (primary N) is 1. The van der Waals surface area contributed by atoms with Gasteiger partial charge in [-0.15, -0.1) is 9.05 Å². The van der Waals surface area contributed by atoms with E-state index in [-0.39, 0.29) is 94.1 Å². The molecule has 0 radical (unpaired) electrons. The van der Waals surface area contributed by atoms with Crippen molar-refractivity contribution in [3.8, 4) is 11.3 Å². The highest BCUT2D eigenvalue weighted by atomic mass is 79.9. The zero-order valence-electron chi connectivity index (χ0n) is 37.1. The van der Waals surface area contributed by atoms with Crippen LogP contribution in [0.15, 0.2) is 56.0 Å². The first-order chi connectivity index (χ1) is 34.3. The van der Waals surface area contributed by atoms with Gasteiger partial charge in [-0.25, -0.2) is 14.4 Å². The Bertz CT molecular complexity index is 3100. The molecule has 71 heavy (non-hydrogen) atoms. The molecule has 4 aliphatic heterocycles. The van der Waals surface area contributed by atoms with E-state index >= 15 is 0 Å². The number of fused-ring (bicyclic) bond motifs is 5. The number of aromatic amines is 1. The van der Waals surface area contributed by atoms with Gasteiger partial charge in [0.05, 0.1) is 18.1 Å². The molecule has 2 amide bonds. The van der Waals surface area contributed by atoms with Crippen LogP contribution < -0.4 is 27.5 Å². The Morgan fingerprint density at radius 3 is 2.38 bits per heavy atom. The van der Waals surface area contributed by atoms with Crippen LogP contribution in [-0.4, -0.2) is 152 Å². The maximum absolute atomic E-state index is 13.8. The number of amides is 2. The molecule has 31 heteroatoms. The van der Waals surface area contributed by atoms with Crippen LogP contribution in [0.25, 0.3) is 39.4 Å². The van der Waals surface area contributed by atoms with Gasteiger partial charge in [0.1, 0.15) is 37.1 Å². The molecule has 6 aromatic rings. The first-order valence-electron chi connectivity index (χ1n) is 22.3. The van der Waals surface area contributed by atoms with Crippen LogP contribution in [0.4, 0.5) is 5.95 Å². The second-order valence-corrected chi connectivity index (χ2v) is 20.2. The third-order valence-electron chi connectivity index (χ3n) is 12.0. The summed E-state index contributed by atoms with van der Waals surface area (Å²) in [6.45, 7) is 1.36. The smallest absolute Gasteiger partial charge is 0.386 e. The number of thioether (sulfide) groups is 1. The number of anilines is 1. The average molecular weight is 1110 g/mol. The van der Waals surface area contributed by atoms with Crippen LogP contribution >= 0.6 is 44.5 Å². The quantitative estimate of drug-likeness (QED) is 0.0274. The van der Waals surface area contributed by atoms with E-state index in [2.05, 4.69) is 46.5 Å². The monoisotopic (exact) mass is 1110 g/mol. The number of aliphatic hydroxyl groups excluding tert-OH is 2. The third-order valence-corrected chi connectivity index (χ3v) is 15.1. The number of halogens is 1. The number of ether oxygens (including phenoxy) is 3. The van der Waals surface area contributed by atoms with Gasteiger partial charge in [-0.05, 0) is 40.8 Å². The molecule has 6 unspecified atom stereocenters. The maximum atomic E-state index is 13.8. The highest BCUT2D eigenvalue weighted by Crippen LogP contribution is 2.48. The molecule has 5 aromatic heterocycles. The van der Waals surface area contributed by atoms with Crippen molar-refractivity contribution in [1.29, 1.82) is 0 Å². The van der Waals surface area contributed by atoms with Gasteiger partial charge in [0, 0.05) is 50.0 Å². The molecular formula is C40H46BrN12O15P2S+. The van der Waals surface area contributed by atoms with E-state index in [1.54, 1.807) is 6.20 Å². The maximum Gasteiger partial charge on any atom is 0.697 e. The number of nitrogens with one attached hydrogen (secondary N) is 3. The highest BCUT2D eigenvalue weighted by Gasteiger charge is 2.55. The van der Waals surface area contributed by atoms with Crippen molar-refractivity contribution in [3.05, 3.63) is 62.0 Å². The van der Waals surface area contributed by atoms with Gasteiger partial charge in [-0.3, -0.25) is 32.9 Å². The van der Waals surface area contributed by atoms with E-state index in [0.29, 0.717) is 44.8 Å². The number of benzene rings is 1. The number of carbonyl (C=O) groups excluding carboxylic acids is 2. The Kier molecular flexibility index (Phi) is 14.9. The van der Waals surface area contributed by atoms with E-state index in [0.717, 1.165) is 17.3 Å². The lowest BCUT2D eigenvalue weighted by molar-refractivity contribution is -0.121. The fraction of sp³-hybridized carbons (Fsp3) is 0.500. The Morgan fingerprint density at radius 2 is 1.61 bits per heavy atom. The zero-order chi connectivity index (χ0) is 49.5.